The number of aromatic nitrogens is 2. The Labute approximate surface area is 196 Å². The van der Waals surface area contributed by atoms with Crippen LogP contribution in [0.15, 0.2) is 55.1 Å². The van der Waals surface area contributed by atoms with Crippen molar-refractivity contribution in [2.45, 2.75) is 19.4 Å². The Morgan fingerprint density at radius 1 is 1.21 bits per heavy atom. The lowest BCUT2D eigenvalue weighted by atomic mass is 9.95. The van der Waals surface area contributed by atoms with Crippen molar-refractivity contribution < 1.29 is 18.7 Å². The highest BCUT2D eigenvalue weighted by atomic mass is 35.5. The molecule has 0 bridgehead atoms. The largest absolute Gasteiger partial charge is 0.496 e. The molecule has 7 nitrogen and oxygen atoms in total. The van der Waals surface area contributed by atoms with Gasteiger partial charge in [-0.1, -0.05) is 17.7 Å². The van der Waals surface area contributed by atoms with Crippen molar-refractivity contribution in [3.8, 4) is 11.4 Å². The van der Waals surface area contributed by atoms with Crippen molar-refractivity contribution in [1.82, 2.24) is 19.8 Å². The molecule has 0 atom stereocenters. The van der Waals surface area contributed by atoms with Gasteiger partial charge in [-0.2, -0.15) is 0 Å². The molecule has 1 aliphatic rings. The van der Waals surface area contributed by atoms with Crippen LogP contribution in [0.4, 0.5) is 4.39 Å². The van der Waals surface area contributed by atoms with Gasteiger partial charge in [-0.25, -0.2) is 9.37 Å². The maximum Gasteiger partial charge on any atom is 0.257 e. The molecule has 0 spiro atoms. The number of rotatable bonds is 6. The predicted molar refractivity (Wildman–Crippen MR) is 122 cm³/mol. The molecule has 0 saturated carbocycles. The van der Waals surface area contributed by atoms with Crippen molar-refractivity contribution >= 4 is 23.4 Å². The standard InChI is InChI=1S/C24H24ClFN4O3/c1-33-22-5-3-18(25)13-19(22)24(32)29-9-6-17(7-10-29)23(31)28-14-16-2-4-21(20(26)12-16)30-11-8-27-15-30/h2-5,8,11-13,15,17H,6-7,9-10,14H2,1H3,(H,28,31). The second kappa shape index (κ2) is 10.0. The Hall–Kier alpha value is -3.39. The third-order valence-corrected chi connectivity index (χ3v) is 6.04. The van der Waals surface area contributed by atoms with E-state index in [2.05, 4.69) is 10.3 Å². The van der Waals surface area contributed by atoms with Gasteiger partial charge in [-0.3, -0.25) is 9.59 Å². The van der Waals surface area contributed by atoms with Gasteiger partial charge in [0, 0.05) is 43.0 Å². The van der Waals surface area contributed by atoms with E-state index in [1.54, 1.807) is 52.2 Å². The number of hydrogen-bond acceptors (Lipinski definition) is 4. The van der Waals surface area contributed by atoms with Crippen LogP contribution < -0.4 is 10.1 Å². The number of carbonyl (C=O) groups excluding carboxylic acids is 2. The monoisotopic (exact) mass is 470 g/mol. The lowest BCUT2D eigenvalue weighted by Gasteiger charge is -2.31. The van der Waals surface area contributed by atoms with E-state index >= 15 is 0 Å². The summed E-state index contributed by atoms with van der Waals surface area (Å²) >= 11 is 6.04. The average molecular weight is 471 g/mol. The normalized spacial score (nSPS) is 14.2. The van der Waals surface area contributed by atoms with Crippen LogP contribution in [-0.4, -0.2) is 46.5 Å². The molecular weight excluding hydrogens is 447 g/mol. The fraction of sp³-hybridized carbons (Fsp3) is 0.292. The van der Waals surface area contributed by atoms with E-state index in [1.165, 1.54) is 19.5 Å². The van der Waals surface area contributed by atoms with E-state index in [9.17, 15) is 14.0 Å². The summed E-state index contributed by atoms with van der Waals surface area (Å²) in [5.74, 6) is -0.382. The zero-order valence-corrected chi connectivity index (χ0v) is 18.9. The number of halogens is 2. The summed E-state index contributed by atoms with van der Waals surface area (Å²) < 4.78 is 21.3. The molecule has 0 radical (unpaired) electrons. The molecule has 1 aromatic heterocycles. The lowest BCUT2D eigenvalue weighted by Crippen LogP contribution is -2.43. The zero-order valence-electron chi connectivity index (χ0n) is 18.1. The van der Waals surface area contributed by atoms with Crippen molar-refractivity contribution in [1.29, 1.82) is 0 Å². The molecule has 33 heavy (non-hydrogen) atoms. The fourth-order valence-electron chi connectivity index (χ4n) is 3.97. The van der Waals surface area contributed by atoms with E-state index in [4.69, 9.17) is 16.3 Å². The summed E-state index contributed by atoms with van der Waals surface area (Å²) in [5, 5.41) is 3.35. The number of likely N-dealkylation sites (tertiary alicyclic amines) is 1. The third-order valence-electron chi connectivity index (χ3n) is 5.81. The summed E-state index contributed by atoms with van der Waals surface area (Å²) in [7, 11) is 1.51. The number of methoxy groups -OCH3 is 1. The van der Waals surface area contributed by atoms with E-state index in [-0.39, 0.29) is 30.1 Å². The molecule has 1 saturated heterocycles. The smallest absolute Gasteiger partial charge is 0.257 e. The van der Waals surface area contributed by atoms with Gasteiger partial charge in [-0.15, -0.1) is 0 Å². The second-order valence-electron chi connectivity index (χ2n) is 7.88. The predicted octanol–water partition coefficient (Wildman–Crippen LogP) is 3.84. The first-order chi connectivity index (χ1) is 16.0. The quantitative estimate of drug-likeness (QED) is 0.594. The molecule has 0 aliphatic carbocycles. The van der Waals surface area contributed by atoms with Gasteiger partial charge in [0.05, 0.1) is 24.7 Å². The van der Waals surface area contributed by atoms with Gasteiger partial charge in [-0.05, 0) is 48.7 Å². The van der Waals surface area contributed by atoms with Gasteiger partial charge in [0.1, 0.15) is 11.6 Å². The lowest BCUT2D eigenvalue weighted by molar-refractivity contribution is -0.126. The van der Waals surface area contributed by atoms with E-state index in [0.717, 1.165) is 0 Å². The first-order valence-corrected chi connectivity index (χ1v) is 11.0. The molecule has 1 fully saturated rings. The molecule has 9 heteroatoms. The number of nitrogens with one attached hydrogen (secondary N) is 1. The maximum absolute atomic E-state index is 14.4. The first kappa shape index (κ1) is 22.8. The number of benzene rings is 2. The maximum atomic E-state index is 14.4. The van der Waals surface area contributed by atoms with Crippen LogP contribution in [0.3, 0.4) is 0 Å². The first-order valence-electron chi connectivity index (χ1n) is 10.6. The molecule has 3 aromatic rings. The molecule has 1 N–H and O–H groups in total. The Kier molecular flexibility index (Phi) is 6.93. The fourth-order valence-corrected chi connectivity index (χ4v) is 4.14. The Morgan fingerprint density at radius 2 is 2.00 bits per heavy atom. The Morgan fingerprint density at radius 3 is 2.67 bits per heavy atom. The van der Waals surface area contributed by atoms with Gasteiger partial charge >= 0.3 is 0 Å². The van der Waals surface area contributed by atoms with E-state index in [1.807, 2.05) is 0 Å². The van der Waals surface area contributed by atoms with Crippen LogP contribution in [0.1, 0.15) is 28.8 Å². The Balaban J connectivity index is 1.30. The highest BCUT2D eigenvalue weighted by Crippen LogP contribution is 2.26. The summed E-state index contributed by atoms with van der Waals surface area (Å²) in [6.07, 6.45) is 5.87. The van der Waals surface area contributed by atoms with Crippen LogP contribution in [0.25, 0.3) is 5.69 Å². The minimum atomic E-state index is -0.386. The van der Waals surface area contributed by atoms with Crippen LogP contribution in [0.5, 0.6) is 5.75 Å². The van der Waals surface area contributed by atoms with Crippen molar-refractivity contribution in [2.75, 3.05) is 20.2 Å². The second-order valence-corrected chi connectivity index (χ2v) is 8.32. The number of carbonyl (C=O) groups is 2. The molecular formula is C24H24ClFN4O3. The topological polar surface area (TPSA) is 76.5 Å². The van der Waals surface area contributed by atoms with Crippen molar-refractivity contribution in [2.24, 2.45) is 5.92 Å². The summed E-state index contributed by atoms with van der Waals surface area (Å²) in [5.41, 5.74) is 1.48. The van der Waals surface area contributed by atoms with Crippen LogP contribution >= 0.6 is 11.6 Å². The zero-order chi connectivity index (χ0) is 23.4. The number of imidazole rings is 1. The molecule has 4 rings (SSSR count). The Bertz CT molecular complexity index is 1140. The van der Waals surface area contributed by atoms with Gasteiger partial charge in [0.15, 0.2) is 0 Å². The minimum absolute atomic E-state index is 0.0958. The number of ether oxygens (including phenoxy) is 1. The van der Waals surface area contributed by atoms with Crippen LogP contribution in [0, 0.1) is 11.7 Å². The van der Waals surface area contributed by atoms with Crippen LogP contribution in [0.2, 0.25) is 5.02 Å². The van der Waals surface area contributed by atoms with Crippen molar-refractivity contribution in [3.05, 3.63) is 77.1 Å². The number of hydrogen-bond donors (Lipinski definition) is 1. The average Bonchev–Trinajstić information content (AvgIpc) is 3.37. The molecule has 2 aromatic carbocycles. The summed E-state index contributed by atoms with van der Waals surface area (Å²) in [6, 6.07) is 9.78. The minimum Gasteiger partial charge on any atom is -0.496 e. The molecule has 2 amide bonds. The summed E-state index contributed by atoms with van der Waals surface area (Å²) in [6.45, 7) is 1.15. The molecule has 172 valence electrons. The van der Waals surface area contributed by atoms with E-state index in [0.29, 0.717) is 53.5 Å². The third kappa shape index (κ3) is 5.17. The molecule has 1 aliphatic heterocycles. The van der Waals surface area contributed by atoms with E-state index < -0.39 is 0 Å². The van der Waals surface area contributed by atoms with Crippen molar-refractivity contribution in [3.63, 3.8) is 0 Å². The molecule has 0 unspecified atom stereocenters. The highest BCUT2D eigenvalue weighted by Gasteiger charge is 2.29. The van der Waals surface area contributed by atoms with Crippen LogP contribution in [-0.2, 0) is 11.3 Å². The number of piperidine rings is 1. The number of nitrogens with zero attached hydrogens (tertiary/aromatic N) is 3. The SMILES string of the molecule is COc1ccc(Cl)cc1C(=O)N1CCC(C(=O)NCc2ccc(-n3ccnc3)c(F)c2)CC1. The number of amides is 2. The van der Waals surface area contributed by atoms with Gasteiger partial charge in [0.2, 0.25) is 5.91 Å². The highest BCUT2D eigenvalue weighted by molar-refractivity contribution is 6.31. The summed E-state index contributed by atoms with van der Waals surface area (Å²) in [4.78, 5) is 31.2. The molecule has 2 heterocycles. The van der Waals surface area contributed by atoms with Gasteiger partial charge in [0.25, 0.3) is 5.91 Å². The van der Waals surface area contributed by atoms with Gasteiger partial charge < -0.3 is 19.5 Å².